The minimum atomic E-state index is -0.533. The summed E-state index contributed by atoms with van der Waals surface area (Å²) in [5, 5.41) is 0. The first-order chi connectivity index (χ1) is 15.0. The van der Waals surface area contributed by atoms with Crippen LogP contribution in [0.2, 0.25) is 0 Å². The molecule has 0 spiro atoms. The predicted molar refractivity (Wildman–Crippen MR) is 129 cm³/mol. The van der Waals surface area contributed by atoms with Gasteiger partial charge in [-0.05, 0) is 97.5 Å². The molecule has 0 aromatic heterocycles. The highest BCUT2D eigenvalue weighted by Gasteiger charge is 2.26. The molecular weight excluding hydrogens is 400 g/mol. The molecule has 0 N–H and O–H groups in total. The van der Waals surface area contributed by atoms with Crippen LogP contribution in [0.25, 0.3) is 11.1 Å². The second-order valence-corrected chi connectivity index (χ2v) is 10.8. The average Bonchev–Trinajstić information content (AvgIpc) is 3.09. The van der Waals surface area contributed by atoms with Crippen LogP contribution in [-0.4, -0.2) is 5.60 Å². The summed E-state index contributed by atoms with van der Waals surface area (Å²) < 4.78 is 12.0. The third-order valence-electron chi connectivity index (χ3n) is 5.16. The molecule has 0 fully saturated rings. The molecule has 0 radical (unpaired) electrons. The summed E-state index contributed by atoms with van der Waals surface area (Å²) >= 11 is 0. The molecule has 1 aliphatic rings. The zero-order valence-electron chi connectivity index (χ0n) is 18.0. The van der Waals surface area contributed by atoms with Crippen molar-refractivity contribution in [2.45, 2.75) is 41.1 Å². The fourth-order valence-electron chi connectivity index (χ4n) is 3.93. The highest BCUT2D eigenvalue weighted by atomic mass is 32.2. The molecule has 2 nitrogen and oxygen atoms in total. The van der Waals surface area contributed by atoms with Crippen molar-refractivity contribution in [3.63, 3.8) is 0 Å². The Balaban J connectivity index is 1.38. The second-order valence-electron chi connectivity index (χ2n) is 8.65. The summed E-state index contributed by atoms with van der Waals surface area (Å²) in [4.78, 5) is 4.21. The maximum absolute atomic E-state index is 6.07. The van der Waals surface area contributed by atoms with E-state index in [1.54, 1.807) is 0 Å². The van der Waals surface area contributed by atoms with Crippen LogP contribution in [0.3, 0.4) is 0 Å². The van der Waals surface area contributed by atoms with E-state index in [0.29, 0.717) is 0 Å². The van der Waals surface area contributed by atoms with Gasteiger partial charge in [-0.2, -0.15) is 10.9 Å². The molecule has 4 aromatic rings. The molecule has 0 amide bonds. The highest BCUT2D eigenvalue weighted by Crippen LogP contribution is 2.62. The molecule has 31 heavy (non-hydrogen) atoms. The van der Waals surface area contributed by atoms with E-state index in [-0.39, 0.29) is 5.60 Å². The minimum Gasteiger partial charge on any atom is -0.488 e. The van der Waals surface area contributed by atoms with E-state index in [2.05, 4.69) is 72.8 Å². The van der Waals surface area contributed by atoms with Crippen LogP contribution >= 0.6 is 10.9 Å². The Labute approximate surface area is 186 Å². The lowest BCUT2D eigenvalue weighted by Gasteiger charge is -2.21. The van der Waals surface area contributed by atoms with E-state index < -0.39 is 10.9 Å². The monoisotopic (exact) mass is 426 g/mol. The van der Waals surface area contributed by atoms with E-state index in [9.17, 15) is 0 Å². The van der Waals surface area contributed by atoms with Gasteiger partial charge in [0.05, 0.1) is 0 Å². The molecule has 1 heterocycles. The fraction of sp³-hybridized carbons (Fsp3) is 0.143. The van der Waals surface area contributed by atoms with Gasteiger partial charge < -0.3 is 9.47 Å². The van der Waals surface area contributed by atoms with E-state index in [1.807, 2.05) is 45.0 Å². The normalized spacial score (nSPS) is 13.5. The molecule has 3 heteroatoms. The Hall–Kier alpha value is -3.17. The molecule has 0 saturated heterocycles. The largest absolute Gasteiger partial charge is 0.488 e. The van der Waals surface area contributed by atoms with Gasteiger partial charge in [-0.25, -0.2) is 0 Å². The maximum Gasteiger partial charge on any atom is 0.127 e. The minimum absolute atomic E-state index is 0.211. The van der Waals surface area contributed by atoms with Crippen molar-refractivity contribution in [3.8, 4) is 28.4 Å². The lowest BCUT2D eigenvalue weighted by molar-refractivity contribution is 0.131. The van der Waals surface area contributed by atoms with Gasteiger partial charge in [0, 0.05) is 9.79 Å². The lowest BCUT2D eigenvalue weighted by atomic mass is 10.1. The quantitative estimate of drug-likeness (QED) is 0.293. The summed E-state index contributed by atoms with van der Waals surface area (Å²) in [5.74, 6) is 2.48. The van der Waals surface area contributed by atoms with Crippen molar-refractivity contribution in [2.24, 2.45) is 0 Å². The van der Waals surface area contributed by atoms with Gasteiger partial charge in [-0.1, -0.05) is 36.4 Å². The number of fused-ring (bicyclic) bond motifs is 3. The predicted octanol–water partition coefficient (Wildman–Crippen LogP) is 8.11. The third kappa shape index (κ3) is 4.06. The lowest BCUT2D eigenvalue weighted by Crippen LogP contribution is -2.22. The van der Waals surface area contributed by atoms with E-state index in [4.69, 9.17) is 9.47 Å². The van der Waals surface area contributed by atoms with Crippen molar-refractivity contribution < 1.29 is 9.47 Å². The van der Waals surface area contributed by atoms with Crippen molar-refractivity contribution in [2.75, 3.05) is 0 Å². The second kappa shape index (κ2) is 7.82. The van der Waals surface area contributed by atoms with Crippen LogP contribution in [0.5, 0.6) is 17.2 Å². The first-order valence-corrected chi connectivity index (χ1v) is 11.9. The first-order valence-electron chi connectivity index (χ1n) is 10.5. The van der Waals surface area contributed by atoms with E-state index >= 15 is 0 Å². The summed E-state index contributed by atoms with van der Waals surface area (Å²) in [6, 6.07) is 33.9. The van der Waals surface area contributed by atoms with Gasteiger partial charge >= 0.3 is 0 Å². The molecule has 0 atom stereocenters. The molecule has 5 rings (SSSR count). The summed E-state index contributed by atoms with van der Waals surface area (Å²) in [6.45, 7) is 6.13. The summed E-state index contributed by atoms with van der Waals surface area (Å²) in [6.07, 6.45) is 0. The standard InChI is InChI=1S/C28H26O2S/c1-28(2,3)30-22-14-12-20(13-15-22)29-21-16-18-23(19-17-21)31-26-10-6-4-8-24(26)25-9-5-7-11-27(25)31/h4-19,31H,1-3H3. The van der Waals surface area contributed by atoms with Crippen molar-refractivity contribution in [3.05, 3.63) is 97.1 Å². The number of benzene rings is 4. The van der Waals surface area contributed by atoms with E-state index in [1.165, 1.54) is 25.8 Å². The van der Waals surface area contributed by atoms with Gasteiger partial charge in [0.1, 0.15) is 22.8 Å². The Kier molecular flexibility index (Phi) is 4.99. The van der Waals surface area contributed by atoms with Crippen LogP contribution in [0, 0.1) is 0 Å². The number of ether oxygens (including phenoxy) is 2. The number of thiol groups is 1. The van der Waals surface area contributed by atoms with Crippen LogP contribution in [0.1, 0.15) is 20.8 Å². The van der Waals surface area contributed by atoms with Crippen LogP contribution in [0.4, 0.5) is 0 Å². The Morgan fingerprint density at radius 1 is 0.548 bits per heavy atom. The fourth-order valence-corrected chi connectivity index (χ4v) is 6.53. The molecule has 0 bridgehead atoms. The summed E-state index contributed by atoms with van der Waals surface area (Å²) in [7, 11) is -0.533. The van der Waals surface area contributed by atoms with Gasteiger partial charge in [-0.3, -0.25) is 0 Å². The van der Waals surface area contributed by atoms with Gasteiger partial charge in [0.2, 0.25) is 0 Å². The first kappa shape index (κ1) is 19.8. The van der Waals surface area contributed by atoms with Gasteiger partial charge in [0.15, 0.2) is 0 Å². The zero-order valence-corrected chi connectivity index (χ0v) is 18.9. The zero-order chi connectivity index (χ0) is 21.4. The molecule has 0 saturated carbocycles. The number of rotatable bonds is 4. The summed E-state index contributed by atoms with van der Waals surface area (Å²) in [5.41, 5.74) is 2.52. The Bertz CT molecular complexity index is 1160. The van der Waals surface area contributed by atoms with Gasteiger partial charge in [0.25, 0.3) is 0 Å². The molecule has 1 aliphatic heterocycles. The Morgan fingerprint density at radius 2 is 1.00 bits per heavy atom. The average molecular weight is 427 g/mol. The highest BCUT2D eigenvalue weighted by molar-refractivity contribution is 8.17. The van der Waals surface area contributed by atoms with Gasteiger partial charge in [-0.15, -0.1) is 0 Å². The van der Waals surface area contributed by atoms with Crippen LogP contribution in [-0.2, 0) is 0 Å². The SMILES string of the molecule is CC(C)(C)Oc1ccc(Oc2ccc([SH]3c4ccccc4-c4ccccc43)cc2)cc1. The number of hydrogen-bond donors (Lipinski definition) is 1. The van der Waals surface area contributed by atoms with Crippen molar-refractivity contribution in [1.82, 2.24) is 0 Å². The number of hydrogen-bond acceptors (Lipinski definition) is 2. The smallest absolute Gasteiger partial charge is 0.127 e. The van der Waals surface area contributed by atoms with Crippen molar-refractivity contribution >= 4 is 10.9 Å². The van der Waals surface area contributed by atoms with Crippen LogP contribution < -0.4 is 9.47 Å². The van der Waals surface area contributed by atoms with E-state index in [0.717, 1.165) is 17.2 Å². The maximum atomic E-state index is 6.07. The van der Waals surface area contributed by atoms with Crippen LogP contribution in [0.15, 0.2) is 112 Å². The van der Waals surface area contributed by atoms with Crippen molar-refractivity contribution in [1.29, 1.82) is 0 Å². The molecular formula is C28H26O2S. The molecule has 4 aromatic carbocycles. The molecule has 156 valence electrons. The Morgan fingerprint density at radius 3 is 1.52 bits per heavy atom. The third-order valence-corrected chi connectivity index (χ3v) is 7.72. The molecule has 0 unspecified atom stereocenters. The molecule has 0 aliphatic carbocycles. The topological polar surface area (TPSA) is 18.5 Å².